The highest BCUT2D eigenvalue weighted by atomic mass is 16.5. The predicted molar refractivity (Wildman–Crippen MR) is 113 cm³/mol. The number of nitrogens with one attached hydrogen (secondary N) is 1. The van der Waals surface area contributed by atoms with Crippen LogP contribution in [0, 0.1) is 0 Å². The van der Waals surface area contributed by atoms with E-state index in [-0.39, 0.29) is 18.5 Å². The van der Waals surface area contributed by atoms with Gasteiger partial charge in [0.15, 0.2) is 0 Å². The van der Waals surface area contributed by atoms with Crippen LogP contribution in [0.25, 0.3) is 0 Å². The van der Waals surface area contributed by atoms with Crippen molar-refractivity contribution in [2.45, 2.75) is 26.0 Å². The lowest BCUT2D eigenvalue weighted by molar-refractivity contribution is -0.117. The number of fused-ring (bicyclic) bond motifs is 1. The highest BCUT2D eigenvalue weighted by Crippen LogP contribution is 2.31. The molecule has 0 saturated carbocycles. The molecule has 3 aromatic carbocycles. The number of para-hydroxylation sites is 1. The van der Waals surface area contributed by atoms with E-state index in [0.29, 0.717) is 6.61 Å². The van der Waals surface area contributed by atoms with Crippen molar-refractivity contribution in [2.75, 3.05) is 16.8 Å². The lowest BCUT2D eigenvalue weighted by Gasteiger charge is -2.23. The zero-order valence-corrected chi connectivity index (χ0v) is 16.0. The van der Waals surface area contributed by atoms with Crippen LogP contribution in [0.3, 0.4) is 0 Å². The smallest absolute Gasteiger partial charge is 0.246 e. The number of anilines is 2. The maximum atomic E-state index is 12.8. The molecule has 142 valence electrons. The maximum absolute atomic E-state index is 12.8. The Kier molecular flexibility index (Phi) is 5.29. The fraction of sp³-hybridized carbons (Fsp3) is 0.208. The Morgan fingerprint density at radius 2 is 1.71 bits per heavy atom. The monoisotopic (exact) mass is 372 g/mol. The van der Waals surface area contributed by atoms with E-state index in [2.05, 4.69) is 18.3 Å². The van der Waals surface area contributed by atoms with Crippen molar-refractivity contribution in [1.29, 1.82) is 0 Å². The summed E-state index contributed by atoms with van der Waals surface area (Å²) in [6.45, 7) is 2.90. The summed E-state index contributed by atoms with van der Waals surface area (Å²) in [4.78, 5) is 14.7. The second-order valence-corrected chi connectivity index (χ2v) is 7.10. The fourth-order valence-electron chi connectivity index (χ4n) is 3.62. The standard InChI is InChI=1S/C24H24N2O2/c1-18-15-20-9-5-6-10-23(20)26(18)24(27)16-25-21-11-13-22(14-12-21)28-17-19-7-3-2-4-8-19/h2-14,18,25H,15-17H2,1H3/t18-/m0/s1. The Morgan fingerprint density at radius 1 is 1.00 bits per heavy atom. The molecule has 0 unspecified atom stereocenters. The second-order valence-electron chi connectivity index (χ2n) is 7.10. The van der Waals surface area contributed by atoms with Gasteiger partial charge in [0.05, 0.1) is 6.54 Å². The molecule has 4 heteroatoms. The first-order valence-electron chi connectivity index (χ1n) is 9.61. The molecule has 0 aromatic heterocycles. The molecule has 0 bridgehead atoms. The zero-order valence-electron chi connectivity index (χ0n) is 16.0. The third kappa shape index (κ3) is 4.01. The number of amides is 1. The minimum atomic E-state index is 0.0851. The van der Waals surface area contributed by atoms with Gasteiger partial charge in [0.2, 0.25) is 5.91 Å². The summed E-state index contributed by atoms with van der Waals surface area (Å²) < 4.78 is 5.80. The molecule has 28 heavy (non-hydrogen) atoms. The minimum absolute atomic E-state index is 0.0851. The van der Waals surface area contributed by atoms with E-state index in [1.165, 1.54) is 5.56 Å². The van der Waals surface area contributed by atoms with Crippen LogP contribution < -0.4 is 15.0 Å². The molecule has 0 fully saturated rings. The molecular weight excluding hydrogens is 348 g/mol. The van der Waals surface area contributed by atoms with Gasteiger partial charge >= 0.3 is 0 Å². The van der Waals surface area contributed by atoms with Gasteiger partial charge in [-0.1, -0.05) is 48.5 Å². The summed E-state index contributed by atoms with van der Waals surface area (Å²) in [5, 5.41) is 3.23. The highest BCUT2D eigenvalue weighted by molar-refractivity contribution is 5.98. The average Bonchev–Trinajstić information content (AvgIpc) is 3.08. The third-order valence-corrected chi connectivity index (χ3v) is 5.02. The molecule has 0 aliphatic carbocycles. The van der Waals surface area contributed by atoms with Gasteiger partial charge in [0.1, 0.15) is 12.4 Å². The normalized spacial score (nSPS) is 15.2. The second kappa shape index (κ2) is 8.17. The van der Waals surface area contributed by atoms with E-state index >= 15 is 0 Å². The van der Waals surface area contributed by atoms with Crippen LogP contribution in [0.15, 0.2) is 78.9 Å². The van der Waals surface area contributed by atoms with Gasteiger partial charge in [0.25, 0.3) is 0 Å². The molecule has 1 amide bonds. The molecule has 1 N–H and O–H groups in total. The highest BCUT2D eigenvalue weighted by Gasteiger charge is 2.30. The molecule has 0 radical (unpaired) electrons. The van der Waals surface area contributed by atoms with Crippen molar-refractivity contribution >= 4 is 17.3 Å². The first-order valence-corrected chi connectivity index (χ1v) is 9.61. The largest absolute Gasteiger partial charge is 0.489 e. The number of nitrogens with zero attached hydrogens (tertiary/aromatic N) is 1. The maximum Gasteiger partial charge on any atom is 0.246 e. The number of carbonyl (C=O) groups is 1. The lowest BCUT2D eigenvalue weighted by atomic mass is 10.1. The van der Waals surface area contributed by atoms with Gasteiger partial charge < -0.3 is 15.0 Å². The van der Waals surface area contributed by atoms with E-state index < -0.39 is 0 Å². The third-order valence-electron chi connectivity index (χ3n) is 5.02. The predicted octanol–water partition coefficient (Wildman–Crippen LogP) is 4.66. The van der Waals surface area contributed by atoms with Gasteiger partial charge in [-0.25, -0.2) is 0 Å². The van der Waals surface area contributed by atoms with Crippen molar-refractivity contribution in [1.82, 2.24) is 0 Å². The van der Waals surface area contributed by atoms with Gasteiger partial charge in [-0.3, -0.25) is 4.79 Å². The summed E-state index contributed by atoms with van der Waals surface area (Å²) in [6, 6.07) is 26.1. The Morgan fingerprint density at radius 3 is 2.50 bits per heavy atom. The Hall–Kier alpha value is -3.27. The number of ether oxygens (including phenoxy) is 1. The quantitative estimate of drug-likeness (QED) is 0.684. The lowest BCUT2D eigenvalue weighted by Crippen LogP contribution is -2.39. The van der Waals surface area contributed by atoms with Gasteiger partial charge in [-0.15, -0.1) is 0 Å². The number of rotatable bonds is 6. The number of hydrogen-bond donors (Lipinski definition) is 1. The van der Waals surface area contributed by atoms with Gasteiger partial charge in [-0.2, -0.15) is 0 Å². The average molecular weight is 372 g/mol. The van der Waals surface area contributed by atoms with E-state index in [0.717, 1.165) is 29.1 Å². The Labute approximate surface area is 165 Å². The molecule has 1 aliphatic heterocycles. The molecule has 1 aliphatic rings. The number of hydrogen-bond acceptors (Lipinski definition) is 3. The van der Waals surface area contributed by atoms with Crippen LogP contribution in [0.4, 0.5) is 11.4 Å². The molecule has 4 rings (SSSR count). The van der Waals surface area contributed by atoms with Crippen LogP contribution in [-0.2, 0) is 17.8 Å². The molecular formula is C24H24N2O2. The van der Waals surface area contributed by atoms with Crippen LogP contribution in [0.2, 0.25) is 0 Å². The van der Waals surface area contributed by atoms with Crippen LogP contribution >= 0.6 is 0 Å². The molecule has 3 aromatic rings. The SMILES string of the molecule is C[C@H]1Cc2ccccc2N1C(=O)CNc1ccc(OCc2ccccc2)cc1. The number of benzene rings is 3. The van der Waals surface area contributed by atoms with Crippen LogP contribution in [0.5, 0.6) is 5.75 Å². The topological polar surface area (TPSA) is 41.6 Å². The van der Waals surface area contributed by atoms with Crippen molar-refractivity contribution in [3.8, 4) is 5.75 Å². The summed E-state index contributed by atoms with van der Waals surface area (Å²) in [5.41, 5.74) is 4.31. The molecule has 0 saturated heterocycles. The number of carbonyl (C=O) groups excluding carboxylic acids is 1. The fourth-order valence-corrected chi connectivity index (χ4v) is 3.62. The first-order chi connectivity index (χ1) is 13.7. The summed E-state index contributed by atoms with van der Waals surface area (Å²) in [6.07, 6.45) is 0.912. The summed E-state index contributed by atoms with van der Waals surface area (Å²) in [7, 11) is 0. The van der Waals surface area contributed by atoms with E-state index in [1.807, 2.05) is 77.7 Å². The molecule has 4 nitrogen and oxygen atoms in total. The van der Waals surface area contributed by atoms with Crippen molar-refractivity contribution in [3.63, 3.8) is 0 Å². The van der Waals surface area contributed by atoms with Gasteiger partial charge in [0, 0.05) is 17.4 Å². The summed E-state index contributed by atoms with van der Waals surface area (Å²) in [5.74, 6) is 0.893. The molecule has 1 atom stereocenters. The molecule has 1 heterocycles. The van der Waals surface area contributed by atoms with Crippen molar-refractivity contribution in [2.24, 2.45) is 0 Å². The zero-order chi connectivity index (χ0) is 19.3. The van der Waals surface area contributed by atoms with E-state index in [4.69, 9.17) is 4.74 Å². The minimum Gasteiger partial charge on any atom is -0.489 e. The van der Waals surface area contributed by atoms with Crippen LogP contribution in [-0.4, -0.2) is 18.5 Å². The van der Waals surface area contributed by atoms with Gasteiger partial charge in [-0.05, 0) is 54.8 Å². The Bertz CT molecular complexity index is 938. The van der Waals surface area contributed by atoms with Crippen molar-refractivity contribution in [3.05, 3.63) is 90.0 Å². The van der Waals surface area contributed by atoms with E-state index in [1.54, 1.807) is 0 Å². The van der Waals surface area contributed by atoms with Crippen LogP contribution in [0.1, 0.15) is 18.1 Å². The van der Waals surface area contributed by atoms with E-state index in [9.17, 15) is 4.79 Å². The Balaban J connectivity index is 1.32. The molecule has 0 spiro atoms. The van der Waals surface area contributed by atoms with Crippen molar-refractivity contribution < 1.29 is 9.53 Å². The summed E-state index contributed by atoms with van der Waals surface area (Å²) >= 11 is 0. The first kappa shape index (κ1) is 18.1.